The number of rotatable bonds is 2. The van der Waals surface area contributed by atoms with Crippen molar-refractivity contribution in [3.63, 3.8) is 0 Å². The van der Waals surface area contributed by atoms with Gasteiger partial charge in [0, 0.05) is 30.6 Å². The molecule has 3 aromatic rings. The van der Waals surface area contributed by atoms with E-state index in [0.29, 0.717) is 0 Å². The summed E-state index contributed by atoms with van der Waals surface area (Å²) in [6.45, 7) is 3.94. The van der Waals surface area contributed by atoms with Gasteiger partial charge in [0.05, 0.1) is 22.8 Å². The van der Waals surface area contributed by atoms with E-state index in [2.05, 4.69) is 33.3 Å². The molecule has 0 radical (unpaired) electrons. The molecule has 0 aliphatic heterocycles. The molecule has 0 N–H and O–H groups in total. The second-order valence-electron chi connectivity index (χ2n) is 4.90. The molecule has 0 bridgehead atoms. The van der Waals surface area contributed by atoms with Crippen molar-refractivity contribution >= 4 is 0 Å². The standard InChI is InChI=1S/C16H16N4/c1-11-10-17-12(2)16(18-11)14-6-4-5-13(9-14)15-7-8-20(3)19-15/h4-10H,1-3H3. The van der Waals surface area contributed by atoms with Crippen molar-refractivity contribution in [2.45, 2.75) is 13.8 Å². The average molecular weight is 264 g/mol. The second kappa shape index (κ2) is 4.89. The highest BCUT2D eigenvalue weighted by Crippen LogP contribution is 2.25. The SMILES string of the molecule is Cc1cnc(C)c(-c2cccc(-c3ccn(C)n3)c2)n1. The Morgan fingerprint density at radius 1 is 1.05 bits per heavy atom. The van der Waals surface area contributed by atoms with Crippen LogP contribution in [0.5, 0.6) is 0 Å². The number of benzene rings is 1. The zero-order valence-corrected chi connectivity index (χ0v) is 11.8. The normalized spacial score (nSPS) is 10.8. The second-order valence-corrected chi connectivity index (χ2v) is 4.90. The molecule has 1 aromatic carbocycles. The summed E-state index contributed by atoms with van der Waals surface area (Å²) in [6, 6.07) is 10.3. The molecule has 4 heteroatoms. The van der Waals surface area contributed by atoms with E-state index in [0.717, 1.165) is 33.9 Å². The summed E-state index contributed by atoms with van der Waals surface area (Å²) in [4.78, 5) is 8.97. The highest BCUT2D eigenvalue weighted by Gasteiger charge is 2.08. The molecule has 0 saturated carbocycles. The Kier molecular flexibility index (Phi) is 3.06. The zero-order chi connectivity index (χ0) is 14.1. The third-order valence-electron chi connectivity index (χ3n) is 3.22. The summed E-state index contributed by atoms with van der Waals surface area (Å²) in [7, 11) is 1.92. The summed E-state index contributed by atoms with van der Waals surface area (Å²) >= 11 is 0. The molecule has 0 saturated heterocycles. The summed E-state index contributed by atoms with van der Waals surface area (Å²) in [6.07, 6.45) is 3.74. The van der Waals surface area contributed by atoms with Gasteiger partial charge in [-0.05, 0) is 26.0 Å². The number of hydrogen-bond donors (Lipinski definition) is 0. The lowest BCUT2D eigenvalue weighted by Crippen LogP contribution is -1.95. The third kappa shape index (κ3) is 2.32. The minimum Gasteiger partial charge on any atom is -0.275 e. The van der Waals surface area contributed by atoms with Gasteiger partial charge in [-0.1, -0.05) is 18.2 Å². The Hall–Kier alpha value is -2.49. The van der Waals surface area contributed by atoms with Crippen LogP contribution in [0.3, 0.4) is 0 Å². The smallest absolute Gasteiger partial charge is 0.0923 e. The molecule has 0 atom stereocenters. The molecular formula is C16H16N4. The highest BCUT2D eigenvalue weighted by atomic mass is 15.2. The van der Waals surface area contributed by atoms with Gasteiger partial charge in [0.25, 0.3) is 0 Å². The Balaban J connectivity index is 2.09. The van der Waals surface area contributed by atoms with Gasteiger partial charge in [0.1, 0.15) is 0 Å². The van der Waals surface area contributed by atoms with Gasteiger partial charge < -0.3 is 0 Å². The van der Waals surface area contributed by atoms with Gasteiger partial charge >= 0.3 is 0 Å². The van der Waals surface area contributed by atoms with E-state index in [-0.39, 0.29) is 0 Å². The van der Waals surface area contributed by atoms with Gasteiger partial charge in [-0.3, -0.25) is 9.67 Å². The number of aromatic nitrogens is 4. The van der Waals surface area contributed by atoms with Gasteiger partial charge in [-0.15, -0.1) is 0 Å². The van der Waals surface area contributed by atoms with E-state index in [9.17, 15) is 0 Å². The van der Waals surface area contributed by atoms with Gasteiger partial charge in [-0.2, -0.15) is 5.10 Å². The quantitative estimate of drug-likeness (QED) is 0.714. The average Bonchev–Trinajstić information content (AvgIpc) is 2.88. The highest BCUT2D eigenvalue weighted by molar-refractivity contribution is 5.70. The molecule has 20 heavy (non-hydrogen) atoms. The molecule has 0 fully saturated rings. The fraction of sp³-hybridized carbons (Fsp3) is 0.188. The van der Waals surface area contributed by atoms with Crippen LogP contribution in [0, 0.1) is 13.8 Å². The zero-order valence-electron chi connectivity index (χ0n) is 11.8. The van der Waals surface area contributed by atoms with Crippen LogP contribution >= 0.6 is 0 Å². The first-order valence-electron chi connectivity index (χ1n) is 6.54. The van der Waals surface area contributed by atoms with Crippen LogP contribution in [0.25, 0.3) is 22.5 Å². The van der Waals surface area contributed by atoms with Crippen LogP contribution in [0.4, 0.5) is 0 Å². The largest absolute Gasteiger partial charge is 0.275 e. The maximum atomic E-state index is 4.59. The maximum Gasteiger partial charge on any atom is 0.0923 e. The van der Waals surface area contributed by atoms with Gasteiger partial charge in [0.15, 0.2) is 0 Å². The van der Waals surface area contributed by atoms with Crippen LogP contribution in [-0.4, -0.2) is 19.7 Å². The molecule has 3 rings (SSSR count). The van der Waals surface area contributed by atoms with E-state index in [4.69, 9.17) is 0 Å². The van der Waals surface area contributed by atoms with Crippen molar-refractivity contribution < 1.29 is 0 Å². The summed E-state index contributed by atoms with van der Waals surface area (Å²) in [5, 5.41) is 4.44. The summed E-state index contributed by atoms with van der Waals surface area (Å²) in [5.41, 5.74) is 5.92. The van der Waals surface area contributed by atoms with Crippen molar-refractivity contribution in [3.05, 3.63) is 54.1 Å². The first-order valence-corrected chi connectivity index (χ1v) is 6.54. The lowest BCUT2D eigenvalue weighted by Gasteiger charge is -2.07. The molecular weight excluding hydrogens is 248 g/mol. The molecule has 0 aliphatic carbocycles. The molecule has 0 amide bonds. The lowest BCUT2D eigenvalue weighted by atomic mass is 10.0. The number of hydrogen-bond acceptors (Lipinski definition) is 3. The predicted octanol–water partition coefficient (Wildman–Crippen LogP) is 3.16. The first kappa shape index (κ1) is 12.5. The van der Waals surface area contributed by atoms with Crippen molar-refractivity contribution in [3.8, 4) is 22.5 Å². The minimum absolute atomic E-state index is 0.925. The van der Waals surface area contributed by atoms with Crippen molar-refractivity contribution in [2.75, 3.05) is 0 Å². The van der Waals surface area contributed by atoms with Crippen LogP contribution in [0.15, 0.2) is 42.7 Å². The predicted molar refractivity (Wildman–Crippen MR) is 79.1 cm³/mol. The summed E-state index contributed by atoms with van der Waals surface area (Å²) in [5.74, 6) is 0. The third-order valence-corrected chi connectivity index (χ3v) is 3.22. The first-order chi connectivity index (χ1) is 9.63. The minimum atomic E-state index is 0.925. The van der Waals surface area contributed by atoms with Crippen LogP contribution in [0.2, 0.25) is 0 Å². The van der Waals surface area contributed by atoms with Crippen molar-refractivity contribution in [1.29, 1.82) is 0 Å². The fourth-order valence-corrected chi connectivity index (χ4v) is 2.21. The van der Waals surface area contributed by atoms with E-state index in [1.165, 1.54) is 0 Å². The fourth-order valence-electron chi connectivity index (χ4n) is 2.21. The number of aryl methyl sites for hydroxylation is 3. The van der Waals surface area contributed by atoms with Crippen molar-refractivity contribution in [1.82, 2.24) is 19.7 Å². The number of nitrogens with zero attached hydrogens (tertiary/aromatic N) is 4. The van der Waals surface area contributed by atoms with E-state index in [1.54, 1.807) is 10.9 Å². The van der Waals surface area contributed by atoms with Gasteiger partial charge in [-0.25, -0.2) is 4.98 Å². The van der Waals surface area contributed by atoms with E-state index >= 15 is 0 Å². The molecule has 2 aromatic heterocycles. The molecule has 0 unspecified atom stereocenters. The molecule has 2 heterocycles. The maximum absolute atomic E-state index is 4.59. The molecule has 0 spiro atoms. The lowest BCUT2D eigenvalue weighted by molar-refractivity contribution is 0.771. The monoisotopic (exact) mass is 264 g/mol. The summed E-state index contributed by atoms with van der Waals surface area (Å²) < 4.78 is 1.81. The van der Waals surface area contributed by atoms with Crippen LogP contribution in [-0.2, 0) is 7.05 Å². The van der Waals surface area contributed by atoms with E-state index < -0.39 is 0 Å². The van der Waals surface area contributed by atoms with Gasteiger partial charge in [0.2, 0.25) is 0 Å². The Morgan fingerprint density at radius 3 is 2.60 bits per heavy atom. The van der Waals surface area contributed by atoms with Crippen LogP contribution in [0.1, 0.15) is 11.4 Å². The Bertz CT molecular complexity index is 759. The molecule has 0 aliphatic rings. The topological polar surface area (TPSA) is 43.6 Å². The molecule has 100 valence electrons. The Labute approximate surface area is 118 Å². The Morgan fingerprint density at radius 2 is 1.85 bits per heavy atom. The van der Waals surface area contributed by atoms with E-state index in [1.807, 2.05) is 39.2 Å². The van der Waals surface area contributed by atoms with Crippen LogP contribution < -0.4 is 0 Å². The molecule has 4 nitrogen and oxygen atoms in total. The van der Waals surface area contributed by atoms with Crippen molar-refractivity contribution in [2.24, 2.45) is 7.05 Å².